The molecule has 2 nitrogen and oxygen atoms in total. The number of hydrogen-bond acceptors (Lipinski definition) is 2. The standard InChI is InChI=1S/C14H14F3NO/c1-9-6-7-13(19-9)10(2)18-12-5-3-4-11(8-12)14(15,16)17/h3-8,10,18H,1-2H3. The van der Waals surface area contributed by atoms with Crippen molar-refractivity contribution in [3.63, 3.8) is 0 Å². The van der Waals surface area contributed by atoms with Crippen molar-refractivity contribution >= 4 is 5.69 Å². The number of nitrogens with one attached hydrogen (secondary N) is 1. The molecule has 2 rings (SSSR count). The molecule has 0 fully saturated rings. The normalized spacial score (nSPS) is 13.3. The fraction of sp³-hybridized carbons (Fsp3) is 0.286. The van der Waals surface area contributed by atoms with E-state index in [-0.39, 0.29) is 6.04 Å². The summed E-state index contributed by atoms with van der Waals surface area (Å²) >= 11 is 0. The number of furan rings is 1. The number of halogens is 3. The first kappa shape index (κ1) is 13.5. The highest BCUT2D eigenvalue weighted by atomic mass is 19.4. The maximum Gasteiger partial charge on any atom is 0.416 e. The van der Waals surface area contributed by atoms with Gasteiger partial charge >= 0.3 is 6.18 Å². The molecule has 1 aromatic carbocycles. The molecule has 0 radical (unpaired) electrons. The summed E-state index contributed by atoms with van der Waals surface area (Å²) in [7, 11) is 0. The van der Waals surface area contributed by atoms with Crippen molar-refractivity contribution in [2.24, 2.45) is 0 Å². The average Bonchev–Trinajstić information content (AvgIpc) is 2.75. The molecule has 0 saturated carbocycles. The van der Waals surface area contributed by atoms with E-state index in [9.17, 15) is 13.2 Å². The largest absolute Gasteiger partial charge is 0.464 e. The number of benzene rings is 1. The van der Waals surface area contributed by atoms with Crippen LogP contribution >= 0.6 is 0 Å². The van der Waals surface area contributed by atoms with Crippen molar-refractivity contribution in [3.8, 4) is 0 Å². The third-order valence-corrected chi connectivity index (χ3v) is 2.76. The zero-order valence-corrected chi connectivity index (χ0v) is 10.6. The van der Waals surface area contributed by atoms with Crippen LogP contribution in [0.1, 0.15) is 30.0 Å². The maximum atomic E-state index is 12.6. The molecule has 0 saturated heterocycles. The number of alkyl halides is 3. The molecule has 1 atom stereocenters. The van der Waals surface area contributed by atoms with Gasteiger partial charge in [0.15, 0.2) is 0 Å². The number of aryl methyl sites for hydroxylation is 1. The molecule has 1 N–H and O–H groups in total. The van der Waals surface area contributed by atoms with E-state index in [0.717, 1.165) is 17.9 Å². The van der Waals surface area contributed by atoms with Crippen LogP contribution in [-0.2, 0) is 6.18 Å². The summed E-state index contributed by atoms with van der Waals surface area (Å²) in [6.07, 6.45) is -4.33. The summed E-state index contributed by atoms with van der Waals surface area (Å²) < 4.78 is 43.2. The summed E-state index contributed by atoms with van der Waals surface area (Å²) in [6, 6.07) is 8.55. The van der Waals surface area contributed by atoms with Crippen molar-refractivity contribution in [1.29, 1.82) is 0 Å². The Morgan fingerprint density at radius 1 is 1.16 bits per heavy atom. The summed E-state index contributed by atoms with van der Waals surface area (Å²) in [6.45, 7) is 3.65. The Balaban J connectivity index is 2.15. The molecular weight excluding hydrogens is 255 g/mol. The first-order chi connectivity index (χ1) is 8.86. The predicted molar refractivity (Wildman–Crippen MR) is 66.9 cm³/mol. The fourth-order valence-electron chi connectivity index (χ4n) is 1.79. The van der Waals surface area contributed by atoms with Gasteiger partial charge in [0, 0.05) is 5.69 Å². The van der Waals surface area contributed by atoms with Gasteiger partial charge in [0.1, 0.15) is 11.5 Å². The average molecular weight is 269 g/mol. The zero-order chi connectivity index (χ0) is 14.0. The van der Waals surface area contributed by atoms with Gasteiger partial charge in [0.25, 0.3) is 0 Å². The van der Waals surface area contributed by atoms with Crippen LogP contribution in [0.5, 0.6) is 0 Å². The Kier molecular flexibility index (Phi) is 3.55. The van der Waals surface area contributed by atoms with Gasteiger partial charge in [-0.05, 0) is 44.2 Å². The summed E-state index contributed by atoms with van der Waals surface area (Å²) in [5.41, 5.74) is -0.253. The molecule has 0 aliphatic rings. The third kappa shape index (κ3) is 3.30. The van der Waals surface area contributed by atoms with E-state index >= 15 is 0 Å². The molecule has 1 aromatic heterocycles. The van der Waals surface area contributed by atoms with Crippen LogP contribution in [0.15, 0.2) is 40.8 Å². The lowest BCUT2D eigenvalue weighted by atomic mass is 10.1. The van der Waals surface area contributed by atoms with Crippen molar-refractivity contribution in [1.82, 2.24) is 0 Å². The zero-order valence-electron chi connectivity index (χ0n) is 10.6. The Morgan fingerprint density at radius 2 is 1.89 bits per heavy atom. The quantitative estimate of drug-likeness (QED) is 0.867. The van der Waals surface area contributed by atoms with E-state index in [4.69, 9.17) is 4.42 Å². The van der Waals surface area contributed by atoms with Crippen LogP contribution in [0.2, 0.25) is 0 Å². The molecule has 0 spiro atoms. The summed E-state index contributed by atoms with van der Waals surface area (Å²) in [5, 5.41) is 2.99. The monoisotopic (exact) mass is 269 g/mol. The predicted octanol–water partition coefficient (Wildman–Crippen LogP) is 4.78. The minimum atomic E-state index is -4.33. The van der Waals surface area contributed by atoms with E-state index in [1.807, 2.05) is 19.9 Å². The first-order valence-electron chi connectivity index (χ1n) is 5.86. The molecule has 1 heterocycles. The van der Waals surface area contributed by atoms with Gasteiger partial charge in [-0.15, -0.1) is 0 Å². The van der Waals surface area contributed by atoms with Crippen molar-refractivity contribution in [3.05, 3.63) is 53.5 Å². The van der Waals surface area contributed by atoms with Gasteiger partial charge in [0.05, 0.1) is 11.6 Å². The molecule has 0 amide bonds. The van der Waals surface area contributed by atoms with Crippen LogP contribution in [0.25, 0.3) is 0 Å². The maximum absolute atomic E-state index is 12.6. The minimum absolute atomic E-state index is 0.197. The van der Waals surface area contributed by atoms with Gasteiger partial charge in [-0.25, -0.2) is 0 Å². The third-order valence-electron chi connectivity index (χ3n) is 2.76. The Morgan fingerprint density at radius 3 is 2.47 bits per heavy atom. The second-order valence-corrected chi connectivity index (χ2v) is 4.39. The molecule has 0 bridgehead atoms. The van der Waals surface area contributed by atoms with E-state index in [1.165, 1.54) is 6.07 Å². The lowest BCUT2D eigenvalue weighted by molar-refractivity contribution is -0.137. The fourth-order valence-corrected chi connectivity index (χ4v) is 1.79. The molecule has 2 aromatic rings. The second-order valence-electron chi connectivity index (χ2n) is 4.39. The lowest BCUT2D eigenvalue weighted by Gasteiger charge is -2.14. The Bertz CT molecular complexity index is 560. The van der Waals surface area contributed by atoms with Crippen LogP contribution in [-0.4, -0.2) is 0 Å². The second kappa shape index (κ2) is 4.99. The van der Waals surface area contributed by atoms with Crippen LogP contribution < -0.4 is 5.32 Å². The van der Waals surface area contributed by atoms with E-state index in [2.05, 4.69) is 5.32 Å². The highest BCUT2D eigenvalue weighted by molar-refractivity contribution is 5.47. The van der Waals surface area contributed by atoms with Crippen LogP contribution in [0.4, 0.5) is 18.9 Å². The van der Waals surface area contributed by atoms with Gasteiger partial charge in [-0.1, -0.05) is 6.07 Å². The first-order valence-corrected chi connectivity index (χ1v) is 5.86. The highest BCUT2D eigenvalue weighted by Gasteiger charge is 2.30. The van der Waals surface area contributed by atoms with Crippen LogP contribution in [0, 0.1) is 6.92 Å². The van der Waals surface area contributed by atoms with Crippen molar-refractivity contribution in [2.45, 2.75) is 26.1 Å². The van der Waals surface area contributed by atoms with Gasteiger partial charge in [0.2, 0.25) is 0 Å². The number of hydrogen-bond donors (Lipinski definition) is 1. The topological polar surface area (TPSA) is 25.2 Å². The molecule has 1 unspecified atom stereocenters. The number of anilines is 1. The molecule has 0 aliphatic carbocycles. The minimum Gasteiger partial charge on any atom is -0.464 e. The van der Waals surface area contributed by atoms with E-state index in [0.29, 0.717) is 11.4 Å². The smallest absolute Gasteiger partial charge is 0.416 e. The lowest BCUT2D eigenvalue weighted by Crippen LogP contribution is -2.08. The highest BCUT2D eigenvalue weighted by Crippen LogP contribution is 2.31. The van der Waals surface area contributed by atoms with Gasteiger partial charge < -0.3 is 9.73 Å². The molecule has 19 heavy (non-hydrogen) atoms. The van der Waals surface area contributed by atoms with E-state index < -0.39 is 11.7 Å². The van der Waals surface area contributed by atoms with Crippen molar-refractivity contribution in [2.75, 3.05) is 5.32 Å². The Hall–Kier alpha value is -1.91. The number of rotatable bonds is 3. The molecule has 102 valence electrons. The van der Waals surface area contributed by atoms with Crippen molar-refractivity contribution < 1.29 is 17.6 Å². The summed E-state index contributed by atoms with van der Waals surface area (Å²) in [4.78, 5) is 0. The SMILES string of the molecule is Cc1ccc(C(C)Nc2cccc(C(F)(F)F)c2)o1. The van der Waals surface area contributed by atoms with E-state index in [1.54, 1.807) is 12.1 Å². The summed E-state index contributed by atoms with van der Waals surface area (Å²) in [5.74, 6) is 1.46. The molecule has 5 heteroatoms. The molecular formula is C14H14F3NO. The van der Waals surface area contributed by atoms with Gasteiger partial charge in [-0.2, -0.15) is 13.2 Å². The van der Waals surface area contributed by atoms with Crippen LogP contribution in [0.3, 0.4) is 0 Å². The van der Waals surface area contributed by atoms with Gasteiger partial charge in [-0.3, -0.25) is 0 Å². The Labute approximate surface area is 109 Å². The molecule has 0 aliphatic heterocycles.